The Morgan fingerprint density at radius 1 is 1.08 bits per heavy atom. The van der Waals surface area contributed by atoms with Crippen molar-refractivity contribution >= 4 is 15.9 Å². The van der Waals surface area contributed by atoms with E-state index >= 15 is 0 Å². The highest BCUT2D eigenvalue weighted by atomic mass is 79.9. The lowest BCUT2D eigenvalue weighted by Crippen LogP contribution is -2.20. The molecule has 1 heteroatoms. The zero-order valence-electron chi connectivity index (χ0n) is 9.10. The van der Waals surface area contributed by atoms with E-state index in [2.05, 4.69) is 50.5 Å². The van der Waals surface area contributed by atoms with E-state index in [9.17, 15) is 0 Å². The zero-order chi connectivity index (χ0) is 9.72. The Balaban J connectivity index is 3.95. The third-order valence-electron chi connectivity index (χ3n) is 2.82. The van der Waals surface area contributed by atoms with Gasteiger partial charge in [0.05, 0.1) is 0 Å². The van der Waals surface area contributed by atoms with Crippen LogP contribution in [-0.2, 0) is 0 Å². The van der Waals surface area contributed by atoms with Gasteiger partial charge in [0.25, 0.3) is 0 Å². The number of hydrogen-bond donors (Lipinski definition) is 0. The molecule has 0 aromatic heterocycles. The fraction of sp³-hybridized carbons (Fsp3) is 1.00. The predicted octanol–water partition coefficient (Wildman–Crippen LogP) is 4.48. The quantitative estimate of drug-likeness (QED) is 0.616. The van der Waals surface area contributed by atoms with Gasteiger partial charge in [-0.15, -0.1) is 0 Å². The van der Waals surface area contributed by atoms with E-state index in [-0.39, 0.29) is 0 Å². The van der Waals surface area contributed by atoms with Crippen LogP contribution in [0.1, 0.15) is 47.5 Å². The Hall–Kier alpha value is 0.480. The number of alkyl halides is 1. The molecule has 0 nitrogen and oxygen atoms in total. The lowest BCUT2D eigenvalue weighted by atomic mass is 9.84. The normalized spacial score (nSPS) is 19.2. The molecule has 0 aliphatic rings. The first-order valence-corrected chi connectivity index (χ1v) is 6.04. The maximum atomic E-state index is 3.70. The number of rotatable bonds is 5. The lowest BCUT2D eigenvalue weighted by molar-refractivity contribution is 0.304. The van der Waals surface area contributed by atoms with E-state index in [1.54, 1.807) is 0 Å². The molecule has 0 bridgehead atoms. The molecule has 74 valence electrons. The fourth-order valence-corrected chi connectivity index (χ4v) is 2.45. The van der Waals surface area contributed by atoms with Crippen LogP contribution in [0.3, 0.4) is 0 Å². The summed E-state index contributed by atoms with van der Waals surface area (Å²) < 4.78 is 0. The van der Waals surface area contributed by atoms with Crippen LogP contribution in [-0.4, -0.2) is 4.83 Å². The Labute approximate surface area is 86.3 Å². The van der Waals surface area contributed by atoms with Crippen molar-refractivity contribution in [1.82, 2.24) is 0 Å². The maximum Gasteiger partial charge on any atom is 0.0148 e. The SMILES string of the molecule is CCC(C)CC(C(C)C)C(C)Br. The summed E-state index contributed by atoms with van der Waals surface area (Å²) in [6.45, 7) is 11.5. The van der Waals surface area contributed by atoms with Crippen LogP contribution in [0, 0.1) is 17.8 Å². The van der Waals surface area contributed by atoms with Crippen LogP contribution >= 0.6 is 15.9 Å². The van der Waals surface area contributed by atoms with Crippen molar-refractivity contribution in [3.05, 3.63) is 0 Å². The molecule has 0 aliphatic carbocycles. The monoisotopic (exact) mass is 234 g/mol. The molecule has 0 amide bonds. The molecule has 0 N–H and O–H groups in total. The largest absolute Gasteiger partial charge is 0.0891 e. The second-order valence-electron chi connectivity index (χ2n) is 4.33. The molecule has 0 rings (SSSR count). The summed E-state index contributed by atoms with van der Waals surface area (Å²) >= 11 is 3.70. The van der Waals surface area contributed by atoms with Crippen molar-refractivity contribution in [1.29, 1.82) is 0 Å². The van der Waals surface area contributed by atoms with Crippen LogP contribution in [0.2, 0.25) is 0 Å². The highest BCUT2D eigenvalue weighted by Crippen LogP contribution is 2.28. The fourth-order valence-electron chi connectivity index (χ4n) is 1.62. The van der Waals surface area contributed by atoms with Gasteiger partial charge in [0.15, 0.2) is 0 Å². The summed E-state index contributed by atoms with van der Waals surface area (Å²) in [4.78, 5) is 0.659. The predicted molar refractivity (Wildman–Crippen MR) is 60.8 cm³/mol. The number of halogens is 1. The average Bonchev–Trinajstić information content (AvgIpc) is 1.98. The smallest absolute Gasteiger partial charge is 0.0148 e. The van der Waals surface area contributed by atoms with Crippen molar-refractivity contribution in [2.45, 2.75) is 52.3 Å². The second-order valence-corrected chi connectivity index (χ2v) is 5.78. The van der Waals surface area contributed by atoms with E-state index in [1.165, 1.54) is 12.8 Å². The molecule has 0 aromatic carbocycles. The third-order valence-corrected chi connectivity index (χ3v) is 3.50. The van der Waals surface area contributed by atoms with E-state index in [0.29, 0.717) is 4.83 Å². The summed E-state index contributed by atoms with van der Waals surface area (Å²) in [5, 5.41) is 0. The summed E-state index contributed by atoms with van der Waals surface area (Å²) in [6, 6.07) is 0. The van der Waals surface area contributed by atoms with E-state index < -0.39 is 0 Å². The highest BCUT2D eigenvalue weighted by molar-refractivity contribution is 9.09. The van der Waals surface area contributed by atoms with Crippen LogP contribution in [0.4, 0.5) is 0 Å². The molecule has 0 radical (unpaired) electrons. The molecule has 0 saturated carbocycles. The average molecular weight is 235 g/mol. The Morgan fingerprint density at radius 2 is 1.58 bits per heavy atom. The first kappa shape index (κ1) is 12.5. The zero-order valence-corrected chi connectivity index (χ0v) is 10.7. The summed E-state index contributed by atoms with van der Waals surface area (Å²) in [5.74, 6) is 2.51. The van der Waals surface area contributed by atoms with E-state index in [0.717, 1.165) is 17.8 Å². The Bertz CT molecular complexity index is 99.6. The first-order chi connectivity index (χ1) is 5.49. The summed E-state index contributed by atoms with van der Waals surface area (Å²) in [7, 11) is 0. The highest BCUT2D eigenvalue weighted by Gasteiger charge is 2.20. The standard InChI is InChI=1S/C11H23Br/c1-6-9(4)7-11(8(2)3)10(5)12/h8-11H,6-7H2,1-5H3. The van der Waals surface area contributed by atoms with Crippen LogP contribution in [0.15, 0.2) is 0 Å². The minimum Gasteiger partial charge on any atom is -0.0891 e. The van der Waals surface area contributed by atoms with Crippen LogP contribution < -0.4 is 0 Å². The van der Waals surface area contributed by atoms with Crippen molar-refractivity contribution in [2.75, 3.05) is 0 Å². The second kappa shape index (κ2) is 6.01. The van der Waals surface area contributed by atoms with Crippen molar-refractivity contribution < 1.29 is 0 Å². The lowest BCUT2D eigenvalue weighted by Gasteiger charge is -2.26. The van der Waals surface area contributed by atoms with Gasteiger partial charge >= 0.3 is 0 Å². The number of hydrogen-bond acceptors (Lipinski definition) is 0. The molecule has 3 unspecified atom stereocenters. The Kier molecular flexibility index (Phi) is 6.25. The van der Waals surface area contributed by atoms with E-state index in [1.807, 2.05) is 0 Å². The van der Waals surface area contributed by atoms with Crippen molar-refractivity contribution in [3.8, 4) is 0 Å². The molecule has 0 fully saturated rings. The van der Waals surface area contributed by atoms with Crippen molar-refractivity contribution in [3.63, 3.8) is 0 Å². The van der Waals surface area contributed by atoms with Gasteiger partial charge in [-0.2, -0.15) is 0 Å². The molecule has 0 spiro atoms. The molecular weight excluding hydrogens is 212 g/mol. The molecule has 0 saturated heterocycles. The minimum atomic E-state index is 0.659. The molecule has 3 atom stereocenters. The van der Waals surface area contributed by atoms with Gasteiger partial charge in [0.2, 0.25) is 0 Å². The summed E-state index contributed by atoms with van der Waals surface area (Å²) in [6.07, 6.45) is 2.67. The molecule has 0 heterocycles. The molecule has 0 aromatic rings. The molecule has 12 heavy (non-hydrogen) atoms. The first-order valence-electron chi connectivity index (χ1n) is 5.13. The Morgan fingerprint density at radius 3 is 1.83 bits per heavy atom. The van der Waals surface area contributed by atoms with Crippen LogP contribution in [0.25, 0.3) is 0 Å². The van der Waals surface area contributed by atoms with E-state index in [4.69, 9.17) is 0 Å². The van der Waals surface area contributed by atoms with Gasteiger partial charge in [-0.05, 0) is 24.2 Å². The van der Waals surface area contributed by atoms with Gasteiger partial charge in [0.1, 0.15) is 0 Å². The van der Waals surface area contributed by atoms with Gasteiger partial charge in [-0.3, -0.25) is 0 Å². The molecule has 0 aliphatic heterocycles. The van der Waals surface area contributed by atoms with Gasteiger partial charge < -0.3 is 0 Å². The van der Waals surface area contributed by atoms with Gasteiger partial charge in [-0.25, -0.2) is 0 Å². The third kappa shape index (κ3) is 4.49. The molecular formula is C11H23Br. The minimum absolute atomic E-state index is 0.659. The van der Waals surface area contributed by atoms with Gasteiger partial charge in [0, 0.05) is 4.83 Å². The summed E-state index contributed by atoms with van der Waals surface area (Å²) in [5.41, 5.74) is 0. The van der Waals surface area contributed by atoms with Crippen molar-refractivity contribution in [2.24, 2.45) is 17.8 Å². The van der Waals surface area contributed by atoms with Gasteiger partial charge in [-0.1, -0.05) is 57.0 Å². The maximum absolute atomic E-state index is 3.70. The topological polar surface area (TPSA) is 0 Å². The van der Waals surface area contributed by atoms with Crippen LogP contribution in [0.5, 0.6) is 0 Å².